The molecular formula is C21H26N4O4. The van der Waals surface area contributed by atoms with Crippen molar-refractivity contribution in [1.82, 2.24) is 19.4 Å². The van der Waals surface area contributed by atoms with Crippen LogP contribution in [0.4, 0.5) is 0 Å². The van der Waals surface area contributed by atoms with Gasteiger partial charge in [-0.25, -0.2) is 4.98 Å². The van der Waals surface area contributed by atoms with Crippen molar-refractivity contribution in [2.24, 2.45) is 5.92 Å². The number of nitrogens with zero attached hydrogens (tertiary/aromatic N) is 4. The summed E-state index contributed by atoms with van der Waals surface area (Å²) in [5, 5.41) is 0. The van der Waals surface area contributed by atoms with Crippen molar-refractivity contribution in [3.05, 3.63) is 42.0 Å². The van der Waals surface area contributed by atoms with Gasteiger partial charge in [-0.15, -0.1) is 0 Å². The molecule has 154 valence electrons. The fraction of sp³-hybridized carbons (Fsp3) is 0.524. The minimum atomic E-state index is 0.0189. The lowest BCUT2D eigenvalue weighted by molar-refractivity contribution is 0.0417. The van der Waals surface area contributed by atoms with Crippen LogP contribution in [0.2, 0.25) is 0 Å². The molecule has 4 heterocycles. The molecule has 29 heavy (non-hydrogen) atoms. The number of aryl methyl sites for hydroxylation is 1. The van der Waals surface area contributed by atoms with Crippen LogP contribution in [0.15, 0.2) is 30.6 Å². The van der Waals surface area contributed by atoms with E-state index in [9.17, 15) is 4.79 Å². The van der Waals surface area contributed by atoms with Gasteiger partial charge in [-0.3, -0.25) is 9.69 Å². The fourth-order valence-electron chi connectivity index (χ4n) is 4.49. The first-order chi connectivity index (χ1) is 14.2. The van der Waals surface area contributed by atoms with Crippen LogP contribution >= 0.6 is 0 Å². The first-order valence-electron chi connectivity index (χ1n) is 10.2. The van der Waals surface area contributed by atoms with Crippen LogP contribution < -0.4 is 9.47 Å². The summed E-state index contributed by atoms with van der Waals surface area (Å²) in [7, 11) is 0. The number of carbonyl (C=O) groups is 1. The van der Waals surface area contributed by atoms with Crippen molar-refractivity contribution in [3.8, 4) is 11.5 Å². The summed E-state index contributed by atoms with van der Waals surface area (Å²) in [6.45, 7) is 7.66. The van der Waals surface area contributed by atoms with Crippen molar-refractivity contribution < 1.29 is 19.0 Å². The Hall–Kier alpha value is -2.58. The summed E-state index contributed by atoms with van der Waals surface area (Å²) < 4.78 is 18.9. The van der Waals surface area contributed by atoms with Crippen molar-refractivity contribution in [1.29, 1.82) is 0 Å². The van der Waals surface area contributed by atoms with Gasteiger partial charge in [-0.2, -0.15) is 0 Å². The molecule has 3 aliphatic heterocycles. The normalized spacial score (nSPS) is 23.8. The molecule has 2 saturated heterocycles. The van der Waals surface area contributed by atoms with Crippen molar-refractivity contribution >= 4 is 5.91 Å². The van der Waals surface area contributed by atoms with E-state index in [0.29, 0.717) is 36.8 Å². The van der Waals surface area contributed by atoms with Crippen LogP contribution in [0.5, 0.6) is 11.5 Å². The highest BCUT2D eigenvalue weighted by Gasteiger charge is 2.36. The molecule has 0 radical (unpaired) electrons. The second-order valence-electron chi connectivity index (χ2n) is 7.91. The molecular weight excluding hydrogens is 372 g/mol. The van der Waals surface area contributed by atoms with Gasteiger partial charge in [0.2, 0.25) is 6.79 Å². The molecule has 2 aromatic rings. The zero-order valence-electron chi connectivity index (χ0n) is 16.6. The lowest BCUT2D eigenvalue weighted by atomic mass is 10.1. The third-order valence-electron chi connectivity index (χ3n) is 5.93. The Morgan fingerprint density at radius 3 is 2.97 bits per heavy atom. The number of amides is 1. The van der Waals surface area contributed by atoms with E-state index in [1.54, 1.807) is 6.07 Å². The summed E-state index contributed by atoms with van der Waals surface area (Å²) in [5.41, 5.74) is 0.634. The Morgan fingerprint density at radius 2 is 2.07 bits per heavy atom. The van der Waals surface area contributed by atoms with E-state index in [4.69, 9.17) is 14.2 Å². The smallest absolute Gasteiger partial charge is 0.254 e. The highest BCUT2D eigenvalue weighted by atomic mass is 16.7. The summed E-state index contributed by atoms with van der Waals surface area (Å²) in [5.74, 6) is 2.71. The van der Waals surface area contributed by atoms with Crippen molar-refractivity contribution in [2.75, 3.05) is 39.6 Å². The summed E-state index contributed by atoms with van der Waals surface area (Å²) in [4.78, 5) is 22.3. The number of rotatable bonds is 4. The van der Waals surface area contributed by atoms with E-state index in [1.165, 1.54) is 0 Å². The zero-order chi connectivity index (χ0) is 19.8. The monoisotopic (exact) mass is 398 g/mol. The van der Waals surface area contributed by atoms with Crippen molar-refractivity contribution in [3.63, 3.8) is 0 Å². The molecule has 3 aliphatic rings. The summed E-state index contributed by atoms with van der Waals surface area (Å²) in [6.07, 6.45) is 3.88. The number of hydrogen-bond donors (Lipinski definition) is 0. The first-order valence-corrected chi connectivity index (χ1v) is 10.2. The maximum atomic E-state index is 13.4. The molecule has 0 unspecified atom stereocenters. The van der Waals surface area contributed by atoms with Crippen LogP contribution in [0, 0.1) is 5.92 Å². The van der Waals surface area contributed by atoms with E-state index >= 15 is 0 Å². The predicted octanol–water partition coefficient (Wildman–Crippen LogP) is 1.60. The molecule has 8 nitrogen and oxygen atoms in total. The average Bonchev–Trinajstić information content (AvgIpc) is 3.28. The Bertz CT molecular complexity index is 899. The molecule has 2 fully saturated rings. The van der Waals surface area contributed by atoms with Crippen LogP contribution in [-0.2, 0) is 17.8 Å². The van der Waals surface area contributed by atoms with Crippen LogP contribution in [-0.4, -0.2) is 70.9 Å². The third-order valence-corrected chi connectivity index (χ3v) is 5.93. The topological polar surface area (TPSA) is 69.1 Å². The van der Waals surface area contributed by atoms with Crippen LogP contribution in [0.25, 0.3) is 0 Å². The van der Waals surface area contributed by atoms with E-state index in [-0.39, 0.29) is 24.7 Å². The lowest BCUT2D eigenvalue weighted by Crippen LogP contribution is -2.46. The Kier molecular flexibility index (Phi) is 4.89. The first kappa shape index (κ1) is 18.4. The third kappa shape index (κ3) is 3.58. The van der Waals surface area contributed by atoms with Gasteiger partial charge in [-0.05, 0) is 25.1 Å². The van der Waals surface area contributed by atoms with Crippen LogP contribution in [0.1, 0.15) is 23.1 Å². The Balaban J connectivity index is 1.36. The number of hydrogen-bond acceptors (Lipinski definition) is 6. The maximum absolute atomic E-state index is 13.4. The maximum Gasteiger partial charge on any atom is 0.254 e. The number of fused-ring (bicyclic) bond motifs is 4. The minimum Gasteiger partial charge on any atom is -0.454 e. The number of carbonyl (C=O) groups excluding carboxylic acids is 1. The molecule has 5 rings (SSSR count). The molecule has 1 amide bonds. The highest BCUT2D eigenvalue weighted by molar-refractivity contribution is 5.95. The van der Waals surface area contributed by atoms with Gasteiger partial charge in [0.1, 0.15) is 5.82 Å². The largest absolute Gasteiger partial charge is 0.454 e. The summed E-state index contributed by atoms with van der Waals surface area (Å²) in [6, 6.07) is 5.44. The average molecular weight is 398 g/mol. The molecule has 0 saturated carbocycles. The Morgan fingerprint density at radius 1 is 1.17 bits per heavy atom. The van der Waals surface area contributed by atoms with Gasteiger partial charge >= 0.3 is 0 Å². The van der Waals surface area contributed by atoms with Gasteiger partial charge in [0, 0.05) is 50.1 Å². The second-order valence-corrected chi connectivity index (χ2v) is 7.91. The van der Waals surface area contributed by atoms with E-state index < -0.39 is 0 Å². The lowest BCUT2D eigenvalue weighted by Gasteiger charge is -2.31. The number of aromatic nitrogens is 2. The minimum absolute atomic E-state index is 0.0189. The molecule has 2 atom stereocenters. The van der Waals surface area contributed by atoms with E-state index in [0.717, 1.165) is 32.0 Å². The van der Waals surface area contributed by atoms with Gasteiger partial charge in [-0.1, -0.05) is 0 Å². The Labute approximate surface area is 170 Å². The van der Waals surface area contributed by atoms with E-state index in [1.807, 2.05) is 29.4 Å². The van der Waals surface area contributed by atoms with Gasteiger partial charge in [0.15, 0.2) is 11.5 Å². The predicted molar refractivity (Wildman–Crippen MR) is 105 cm³/mol. The quantitative estimate of drug-likeness (QED) is 0.779. The van der Waals surface area contributed by atoms with E-state index in [2.05, 4.69) is 21.4 Å². The SMILES string of the molecule is CCn1ccnc1CN1C[C@@H]2COC[C@H](C1)N(C(=O)c1ccc3c(c1)OCO3)C2. The number of benzene rings is 1. The van der Waals surface area contributed by atoms with Crippen LogP contribution in [0.3, 0.4) is 0 Å². The van der Waals surface area contributed by atoms with Gasteiger partial charge in [0.05, 0.1) is 25.8 Å². The highest BCUT2D eigenvalue weighted by Crippen LogP contribution is 2.33. The standard InChI is InChI=1S/C21H26N4O4/c1-2-24-6-5-22-20(24)11-23-8-15-9-25(17(10-23)13-27-12-15)21(26)16-3-4-18-19(7-16)29-14-28-18/h3-7,15,17H,2,8-14H2,1H3/t15-,17-/m0/s1. The molecule has 0 spiro atoms. The zero-order valence-corrected chi connectivity index (χ0v) is 16.6. The molecule has 8 heteroatoms. The van der Waals surface area contributed by atoms with Crippen molar-refractivity contribution in [2.45, 2.75) is 26.1 Å². The number of ether oxygens (including phenoxy) is 3. The fourth-order valence-corrected chi connectivity index (χ4v) is 4.49. The molecule has 1 aromatic heterocycles. The summed E-state index contributed by atoms with van der Waals surface area (Å²) >= 11 is 0. The molecule has 0 aliphatic carbocycles. The molecule has 0 N–H and O–H groups in total. The molecule has 2 bridgehead atoms. The number of imidazole rings is 1. The van der Waals surface area contributed by atoms with Gasteiger partial charge in [0.25, 0.3) is 5.91 Å². The van der Waals surface area contributed by atoms with Gasteiger partial charge < -0.3 is 23.7 Å². The second kappa shape index (κ2) is 7.68. The molecule has 1 aromatic carbocycles.